The standard InChI is InChI=1S/C23H23N3O7S2/c1-2-34(28,29)26(19-10-13-21-22(14-19)33-16-32-21)15-23(27)24-17-8-11-20(12-9-17)35(30,31)25-18-6-4-3-5-7-18/h3-14,25H,2,15-16H2,1H3,(H,24,27). The maximum atomic E-state index is 12.7. The molecule has 0 saturated heterocycles. The number of hydrogen-bond acceptors (Lipinski definition) is 7. The van der Waals surface area contributed by atoms with Crippen molar-refractivity contribution in [1.82, 2.24) is 0 Å². The fourth-order valence-electron chi connectivity index (χ4n) is 3.32. The summed E-state index contributed by atoms with van der Waals surface area (Å²) in [6, 6.07) is 18.6. The van der Waals surface area contributed by atoms with Gasteiger partial charge in [0.05, 0.1) is 16.3 Å². The third-order valence-electron chi connectivity index (χ3n) is 5.11. The number of anilines is 3. The molecule has 0 fully saturated rings. The normalized spacial score (nSPS) is 12.7. The summed E-state index contributed by atoms with van der Waals surface area (Å²) >= 11 is 0. The predicted octanol–water partition coefficient (Wildman–Crippen LogP) is 3.01. The van der Waals surface area contributed by atoms with Crippen LogP contribution in [0.2, 0.25) is 0 Å². The number of sulfonamides is 2. The van der Waals surface area contributed by atoms with Crippen molar-refractivity contribution in [3.05, 3.63) is 72.8 Å². The first-order chi connectivity index (χ1) is 16.7. The van der Waals surface area contributed by atoms with Crippen LogP contribution in [-0.4, -0.2) is 41.8 Å². The van der Waals surface area contributed by atoms with E-state index in [1.165, 1.54) is 43.3 Å². The Labute approximate surface area is 203 Å². The molecule has 35 heavy (non-hydrogen) atoms. The first kappa shape index (κ1) is 24.4. The Hall–Kier alpha value is -3.77. The first-order valence-corrected chi connectivity index (χ1v) is 13.6. The molecule has 0 spiro atoms. The van der Waals surface area contributed by atoms with Crippen LogP contribution in [0.5, 0.6) is 11.5 Å². The van der Waals surface area contributed by atoms with Crippen LogP contribution in [0.1, 0.15) is 6.92 Å². The zero-order chi connectivity index (χ0) is 25.1. The van der Waals surface area contributed by atoms with Gasteiger partial charge in [-0.2, -0.15) is 0 Å². The largest absolute Gasteiger partial charge is 0.454 e. The van der Waals surface area contributed by atoms with Gasteiger partial charge < -0.3 is 14.8 Å². The second kappa shape index (κ2) is 9.84. The second-order valence-corrected chi connectivity index (χ2v) is 11.4. The molecule has 184 valence electrons. The minimum absolute atomic E-state index is 0.00917. The van der Waals surface area contributed by atoms with E-state index >= 15 is 0 Å². The Balaban J connectivity index is 1.47. The third kappa shape index (κ3) is 5.66. The summed E-state index contributed by atoms with van der Waals surface area (Å²) in [4.78, 5) is 12.7. The van der Waals surface area contributed by atoms with Gasteiger partial charge in [0.1, 0.15) is 6.54 Å². The Kier molecular flexibility index (Phi) is 6.85. The van der Waals surface area contributed by atoms with Crippen molar-refractivity contribution in [2.24, 2.45) is 0 Å². The average molecular weight is 518 g/mol. The van der Waals surface area contributed by atoms with Crippen LogP contribution in [0.25, 0.3) is 0 Å². The molecule has 0 radical (unpaired) electrons. The van der Waals surface area contributed by atoms with Crippen LogP contribution in [0.3, 0.4) is 0 Å². The lowest BCUT2D eigenvalue weighted by atomic mass is 10.2. The SMILES string of the molecule is CCS(=O)(=O)N(CC(=O)Nc1ccc(S(=O)(=O)Nc2ccccc2)cc1)c1ccc2c(c1)OCO2. The van der Waals surface area contributed by atoms with Crippen molar-refractivity contribution in [1.29, 1.82) is 0 Å². The predicted molar refractivity (Wildman–Crippen MR) is 132 cm³/mol. The maximum Gasteiger partial charge on any atom is 0.261 e. The summed E-state index contributed by atoms with van der Waals surface area (Å²) in [5, 5.41) is 2.60. The number of nitrogens with one attached hydrogen (secondary N) is 2. The molecule has 0 aliphatic carbocycles. The summed E-state index contributed by atoms with van der Waals surface area (Å²) in [6.45, 7) is 1.04. The highest BCUT2D eigenvalue weighted by atomic mass is 32.2. The Bertz CT molecular complexity index is 1430. The number of ether oxygens (including phenoxy) is 2. The zero-order valence-electron chi connectivity index (χ0n) is 18.7. The van der Waals surface area contributed by atoms with Gasteiger partial charge >= 0.3 is 0 Å². The summed E-state index contributed by atoms with van der Waals surface area (Å²) in [5.74, 6) is 0.0667. The summed E-state index contributed by atoms with van der Waals surface area (Å²) in [5.41, 5.74) is 0.999. The van der Waals surface area contributed by atoms with Gasteiger partial charge in [-0.1, -0.05) is 18.2 Å². The second-order valence-electron chi connectivity index (χ2n) is 7.49. The molecule has 0 bridgehead atoms. The lowest BCUT2D eigenvalue weighted by Gasteiger charge is -2.23. The van der Waals surface area contributed by atoms with Crippen LogP contribution >= 0.6 is 0 Å². The Morgan fingerprint density at radius 3 is 2.26 bits per heavy atom. The number of amides is 1. The van der Waals surface area contributed by atoms with Gasteiger partial charge in [0.2, 0.25) is 22.7 Å². The molecule has 4 rings (SSSR count). The van der Waals surface area contributed by atoms with E-state index in [1.54, 1.807) is 36.4 Å². The van der Waals surface area contributed by atoms with Crippen molar-refractivity contribution in [2.75, 3.05) is 33.4 Å². The molecular weight excluding hydrogens is 494 g/mol. The highest BCUT2D eigenvalue weighted by molar-refractivity contribution is 7.93. The molecule has 1 aliphatic heterocycles. The number of fused-ring (bicyclic) bond motifs is 1. The molecule has 2 N–H and O–H groups in total. The molecule has 1 heterocycles. The van der Waals surface area contributed by atoms with Crippen LogP contribution in [0.4, 0.5) is 17.1 Å². The van der Waals surface area contributed by atoms with E-state index in [2.05, 4.69) is 10.0 Å². The van der Waals surface area contributed by atoms with E-state index in [0.717, 1.165) is 4.31 Å². The van der Waals surface area contributed by atoms with Crippen molar-refractivity contribution >= 4 is 43.0 Å². The van der Waals surface area contributed by atoms with E-state index < -0.39 is 32.5 Å². The maximum absolute atomic E-state index is 12.7. The number of rotatable bonds is 9. The lowest BCUT2D eigenvalue weighted by Crippen LogP contribution is -2.39. The third-order valence-corrected chi connectivity index (χ3v) is 8.24. The molecule has 3 aromatic rings. The monoisotopic (exact) mass is 517 g/mol. The molecule has 3 aromatic carbocycles. The van der Waals surface area contributed by atoms with Crippen LogP contribution in [-0.2, 0) is 24.8 Å². The number of para-hydroxylation sites is 1. The van der Waals surface area contributed by atoms with Gasteiger partial charge in [0.15, 0.2) is 11.5 Å². The van der Waals surface area contributed by atoms with Gasteiger partial charge in [-0.15, -0.1) is 0 Å². The zero-order valence-corrected chi connectivity index (χ0v) is 20.3. The number of benzene rings is 3. The quantitative estimate of drug-likeness (QED) is 0.446. The molecule has 0 atom stereocenters. The van der Waals surface area contributed by atoms with E-state index in [-0.39, 0.29) is 23.1 Å². The van der Waals surface area contributed by atoms with Gasteiger partial charge in [-0.05, 0) is 55.5 Å². The number of carbonyl (C=O) groups is 1. The van der Waals surface area contributed by atoms with Gasteiger partial charge in [0, 0.05) is 17.4 Å². The van der Waals surface area contributed by atoms with Gasteiger partial charge in [0.25, 0.3) is 10.0 Å². The smallest absolute Gasteiger partial charge is 0.261 e. The molecule has 0 aromatic heterocycles. The average Bonchev–Trinajstić information content (AvgIpc) is 3.31. The lowest BCUT2D eigenvalue weighted by molar-refractivity contribution is -0.114. The van der Waals surface area contributed by atoms with Crippen molar-refractivity contribution in [2.45, 2.75) is 11.8 Å². The minimum Gasteiger partial charge on any atom is -0.454 e. The Morgan fingerprint density at radius 2 is 1.57 bits per heavy atom. The van der Waals surface area contributed by atoms with Crippen molar-refractivity contribution < 1.29 is 31.1 Å². The molecule has 12 heteroatoms. The van der Waals surface area contributed by atoms with Crippen LogP contribution in [0, 0.1) is 0 Å². The molecule has 1 amide bonds. The number of hydrogen-bond donors (Lipinski definition) is 2. The van der Waals surface area contributed by atoms with Gasteiger partial charge in [-0.3, -0.25) is 13.8 Å². The van der Waals surface area contributed by atoms with E-state index in [0.29, 0.717) is 22.9 Å². The first-order valence-electron chi connectivity index (χ1n) is 10.6. The highest BCUT2D eigenvalue weighted by Gasteiger charge is 2.26. The molecule has 0 unspecified atom stereocenters. The summed E-state index contributed by atoms with van der Waals surface area (Å²) in [7, 11) is -7.60. The highest BCUT2D eigenvalue weighted by Crippen LogP contribution is 2.36. The van der Waals surface area contributed by atoms with E-state index in [1.807, 2.05) is 0 Å². The van der Waals surface area contributed by atoms with Crippen LogP contribution < -0.4 is 23.8 Å². The summed E-state index contributed by atoms with van der Waals surface area (Å²) in [6.07, 6.45) is 0. The fraction of sp³-hybridized carbons (Fsp3) is 0.174. The minimum atomic E-state index is -3.81. The molecule has 1 aliphatic rings. The molecular formula is C23H23N3O7S2. The van der Waals surface area contributed by atoms with Crippen LogP contribution in [0.15, 0.2) is 77.7 Å². The fourth-order valence-corrected chi connectivity index (χ4v) is 5.43. The van der Waals surface area contributed by atoms with Crippen molar-refractivity contribution in [3.63, 3.8) is 0 Å². The van der Waals surface area contributed by atoms with E-state index in [9.17, 15) is 21.6 Å². The van der Waals surface area contributed by atoms with Gasteiger partial charge in [-0.25, -0.2) is 16.8 Å². The Morgan fingerprint density at radius 1 is 0.886 bits per heavy atom. The topological polar surface area (TPSA) is 131 Å². The van der Waals surface area contributed by atoms with Crippen molar-refractivity contribution in [3.8, 4) is 11.5 Å². The molecule has 0 saturated carbocycles. The number of nitrogens with zero attached hydrogens (tertiary/aromatic N) is 1. The van der Waals surface area contributed by atoms with E-state index in [4.69, 9.17) is 9.47 Å². The molecule has 10 nitrogen and oxygen atoms in total. The summed E-state index contributed by atoms with van der Waals surface area (Å²) < 4.78 is 64.6. The number of carbonyl (C=O) groups excluding carboxylic acids is 1.